The van der Waals surface area contributed by atoms with Crippen LogP contribution in [0.15, 0.2) is 83.9 Å². The zero-order valence-corrected chi connectivity index (χ0v) is 14.1. The van der Waals surface area contributed by atoms with Gasteiger partial charge >= 0.3 is 0 Å². The fourth-order valence-corrected chi connectivity index (χ4v) is 3.41. The summed E-state index contributed by atoms with van der Waals surface area (Å²) in [7, 11) is 0. The molecule has 0 N–H and O–H groups in total. The minimum atomic E-state index is 0.798. The van der Waals surface area contributed by atoms with Gasteiger partial charge in [-0.2, -0.15) is 0 Å². The van der Waals surface area contributed by atoms with Crippen LogP contribution in [0, 0.1) is 0 Å². The predicted octanol–water partition coefficient (Wildman–Crippen LogP) is 4.65. The zero-order chi connectivity index (χ0) is 16.8. The van der Waals surface area contributed by atoms with Crippen molar-refractivity contribution < 1.29 is 0 Å². The molecule has 5 aromatic rings. The molecule has 25 heavy (non-hydrogen) atoms. The summed E-state index contributed by atoms with van der Waals surface area (Å²) in [6, 6.07) is 24.6. The topological polar surface area (TPSA) is 35.6 Å². The Morgan fingerprint density at radius 1 is 0.720 bits per heavy atom. The summed E-state index contributed by atoms with van der Waals surface area (Å²) in [5.41, 5.74) is 3.21. The van der Waals surface area contributed by atoms with Crippen molar-refractivity contribution >= 4 is 34.4 Å². The van der Waals surface area contributed by atoms with E-state index >= 15 is 0 Å². The van der Waals surface area contributed by atoms with Gasteiger partial charge < -0.3 is 0 Å². The van der Waals surface area contributed by atoms with Gasteiger partial charge in [0.25, 0.3) is 0 Å². The molecule has 5 rings (SSSR count). The highest BCUT2D eigenvalue weighted by molar-refractivity contribution is 7.80. The normalized spacial score (nSPS) is 11.4. The molecule has 3 aromatic carbocycles. The van der Waals surface area contributed by atoms with Crippen molar-refractivity contribution in [3.63, 3.8) is 0 Å². The van der Waals surface area contributed by atoms with Gasteiger partial charge in [0.2, 0.25) is 0 Å². The van der Waals surface area contributed by atoms with Crippen LogP contribution in [0.3, 0.4) is 0 Å². The minimum Gasteiger partial charge on any atom is -0.291 e. The van der Waals surface area contributed by atoms with E-state index in [4.69, 9.17) is 0 Å². The molecule has 0 atom stereocenters. The van der Waals surface area contributed by atoms with Crippen molar-refractivity contribution in [2.75, 3.05) is 0 Å². The Morgan fingerprint density at radius 2 is 1.32 bits per heavy atom. The highest BCUT2D eigenvalue weighted by Crippen LogP contribution is 2.31. The van der Waals surface area contributed by atoms with Crippen molar-refractivity contribution in [2.24, 2.45) is 0 Å². The quantitative estimate of drug-likeness (QED) is 0.474. The van der Waals surface area contributed by atoms with Crippen molar-refractivity contribution in [1.82, 2.24) is 19.6 Å². The predicted molar refractivity (Wildman–Crippen MR) is 103 cm³/mol. The molecule has 0 aliphatic carbocycles. The minimum absolute atomic E-state index is 0.798. The smallest absolute Gasteiger partial charge is 0.180 e. The lowest BCUT2D eigenvalue weighted by molar-refractivity contribution is 0.800. The molecule has 0 aliphatic heterocycles. The second-order valence-corrected chi connectivity index (χ2v) is 6.42. The number of nitrogens with zero attached hydrogens (tertiary/aromatic N) is 4. The summed E-state index contributed by atoms with van der Waals surface area (Å²) in [6.45, 7) is 0. The second kappa shape index (κ2) is 5.50. The molecular formula is C20H14N4S. The Balaban J connectivity index is 1.74. The lowest BCUT2D eigenvalue weighted by Crippen LogP contribution is -1.94. The van der Waals surface area contributed by atoms with Crippen molar-refractivity contribution in [3.05, 3.63) is 79.0 Å². The van der Waals surface area contributed by atoms with Crippen LogP contribution in [0.4, 0.5) is 0 Å². The zero-order valence-electron chi connectivity index (χ0n) is 13.2. The summed E-state index contributed by atoms with van der Waals surface area (Å²) < 4.78 is 3.94. The first kappa shape index (κ1) is 14.3. The summed E-state index contributed by atoms with van der Waals surface area (Å²) in [5, 5.41) is 11.2. The SMILES string of the molecule is Sc1ccc(-n2cc(-n3c4ccccc4c4ccccc43)nn2)cc1. The van der Waals surface area contributed by atoms with Crippen LogP contribution in [-0.4, -0.2) is 19.6 Å². The van der Waals surface area contributed by atoms with Crippen LogP contribution >= 0.6 is 12.6 Å². The van der Waals surface area contributed by atoms with E-state index < -0.39 is 0 Å². The lowest BCUT2D eigenvalue weighted by Gasteiger charge is -2.02. The van der Waals surface area contributed by atoms with E-state index in [1.165, 1.54) is 10.8 Å². The van der Waals surface area contributed by atoms with Crippen LogP contribution in [0.2, 0.25) is 0 Å². The summed E-state index contributed by atoms with van der Waals surface area (Å²) >= 11 is 4.33. The Bertz CT molecular complexity index is 1150. The molecule has 0 bridgehead atoms. The van der Waals surface area contributed by atoms with Gasteiger partial charge in [-0.3, -0.25) is 4.57 Å². The second-order valence-electron chi connectivity index (χ2n) is 5.91. The number of benzene rings is 3. The number of aromatic nitrogens is 4. The molecule has 0 spiro atoms. The lowest BCUT2D eigenvalue weighted by atomic mass is 10.2. The molecule has 0 saturated carbocycles. The molecular weight excluding hydrogens is 328 g/mol. The van der Waals surface area contributed by atoms with Crippen molar-refractivity contribution in [1.29, 1.82) is 0 Å². The van der Waals surface area contributed by atoms with E-state index in [9.17, 15) is 0 Å². The number of para-hydroxylation sites is 2. The Morgan fingerprint density at radius 3 is 1.96 bits per heavy atom. The summed E-state index contributed by atoms with van der Waals surface area (Å²) in [4.78, 5) is 0.923. The van der Waals surface area contributed by atoms with Crippen LogP contribution in [0.5, 0.6) is 0 Å². The third-order valence-corrected chi connectivity index (χ3v) is 4.70. The molecule has 0 saturated heterocycles. The first-order valence-electron chi connectivity index (χ1n) is 8.01. The molecule has 0 aliphatic rings. The first-order valence-corrected chi connectivity index (χ1v) is 8.46. The maximum atomic E-state index is 4.41. The average Bonchev–Trinajstić information content (AvgIpc) is 3.25. The van der Waals surface area contributed by atoms with Crippen molar-refractivity contribution in [3.8, 4) is 11.5 Å². The summed E-state index contributed by atoms with van der Waals surface area (Å²) in [6.07, 6.45) is 1.95. The third kappa shape index (κ3) is 2.24. The van der Waals surface area contributed by atoms with E-state index in [-0.39, 0.29) is 0 Å². The average molecular weight is 342 g/mol. The molecule has 0 fully saturated rings. The molecule has 0 unspecified atom stereocenters. The van der Waals surface area contributed by atoms with Crippen molar-refractivity contribution in [2.45, 2.75) is 4.90 Å². The highest BCUT2D eigenvalue weighted by Gasteiger charge is 2.14. The number of thiol groups is 1. The van der Waals surface area contributed by atoms with Gasteiger partial charge in [0, 0.05) is 15.7 Å². The summed E-state index contributed by atoms with van der Waals surface area (Å²) in [5.74, 6) is 0.798. The fourth-order valence-electron chi connectivity index (χ4n) is 3.26. The number of hydrogen-bond donors (Lipinski definition) is 1. The Hall–Kier alpha value is -3.05. The Labute approximate surface area is 149 Å². The fraction of sp³-hybridized carbons (Fsp3) is 0. The highest BCUT2D eigenvalue weighted by atomic mass is 32.1. The van der Waals surface area contributed by atoms with Gasteiger partial charge in [-0.1, -0.05) is 41.6 Å². The van der Waals surface area contributed by atoms with E-state index in [2.05, 4.69) is 63.9 Å². The maximum Gasteiger partial charge on any atom is 0.180 e. The van der Waals surface area contributed by atoms with Crippen LogP contribution in [0.1, 0.15) is 0 Å². The molecule has 2 aromatic heterocycles. The Kier molecular flexibility index (Phi) is 3.15. The van der Waals surface area contributed by atoms with Gasteiger partial charge in [0.15, 0.2) is 5.82 Å². The molecule has 2 heterocycles. The molecule has 0 amide bonds. The van der Waals surface area contributed by atoms with E-state index in [0.717, 1.165) is 27.4 Å². The number of rotatable bonds is 2. The van der Waals surface area contributed by atoms with Gasteiger partial charge in [-0.05, 0) is 36.4 Å². The van der Waals surface area contributed by atoms with Crippen LogP contribution in [-0.2, 0) is 0 Å². The third-order valence-electron chi connectivity index (χ3n) is 4.40. The van der Waals surface area contributed by atoms with E-state index in [0.29, 0.717) is 0 Å². The molecule has 0 radical (unpaired) electrons. The van der Waals surface area contributed by atoms with E-state index in [1.54, 1.807) is 4.68 Å². The maximum absolute atomic E-state index is 4.41. The van der Waals surface area contributed by atoms with E-state index in [1.807, 2.05) is 42.6 Å². The van der Waals surface area contributed by atoms with Crippen LogP contribution < -0.4 is 0 Å². The number of hydrogen-bond acceptors (Lipinski definition) is 3. The van der Waals surface area contributed by atoms with Gasteiger partial charge in [0.1, 0.15) is 0 Å². The van der Waals surface area contributed by atoms with Crippen LogP contribution in [0.25, 0.3) is 33.3 Å². The van der Waals surface area contributed by atoms with Gasteiger partial charge in [-0.15, -0.1) is 17.7 Å². The molecule has 120 valence electrons. The largest absolute Gasteiger partial charge is 0.291 e. The van der Waals surface area contributed by atoms with Gasteiger partial charge in [0.05, 0.1) is 22.9 Å². The number of fused-ring (bicyclic) bond motifs is 3. The van der Waals surface area contributed by atoms with Gasteiger partial charge in [-0.25, -0.2) is 4.68 Å². The molecule has 4 nitrogen and oxygen atoms in total. The molecule has 5 heteroatoms. The first-order chi connectivity index (χ1) is 12.3. The standard InChI is InChI=1S/C20H14N4S/c25-15-11-9-14(10-12-15)23-13-20(21-22-23)24-18-7-3-1-5-16(18)17-6-2-4-8-19(17)24/h1-13,25H. The monoisotopic (exact) mass is 342 g/mol.